The molecular formula is C15H17BrN4O3. The van der Waals surface area contributed by atoms with Gasteiger partial charge in [0.25, 0.3) is 11.6 Å². The van der Waals surface area contributed by atoms with Gasteiger partial charge in [0.05, 0.1) is 21.6 Å². The highest BCUT2D eigenvalue weighted by Gasteiger charge is 2.19. The lowest BCUT2D eigenvalue weighted by atomic mass is 10.1. The Hall–Kier alpha value is -2.22. The van der Waals surface area contributed by atoms with Crippen LogP contribution in [0.25, 0.3) is 0 Å². The number of rotatable bonds is 5. The minimum absolute atomic E-state index is 0.0549. The highest BCUT2D eigenvalue weighted by molar-refractivity contribution is 9.10. The fourth-order valence-electron chi connectivity index (χ4n) is 2.16. The molecule has 0 unspecified atom stereocenters. The molecule has 0 atom stereocenters. The first-order valence-corrected chi connectivity index (χ1v) is 7.85. The summed E-state index contributed by atoms with van der Waals surface area (Å²) in [5.41, 5.74) is 1.50. The fourth-order valence-corrected chi connectivity index (χ4v) is 2.60. The zero-order valence-electron chi connectivity index (χ0n) is 13.1. The second-order valence-electron chi connectivity index (χ2n) is 5.20. The molecule has 0 fully saturated rings. The number of nitro benzene ring substituents is 1. The summed E-state index contributed by atoms with van der Waals surface area (Å²) >= 11 is 3.42. The number of carbonyl (C=O) groups is 1. The fraction of sp³-hybridized carbons (Fsp3) is 0.333. The average Bonchev–Trinajstić information content (AvgIpc) is 2.87. The number of halogens is 1. The summed E-state index contributed by atoms with van der Waals surface area (Å²) in [5, 5.41) is 15.4. The lowest BCUT2D eigenvalue weighted by Crippen LogP contribution is -2.26. The standard InChI is InChI=1S/C15H17BrN4O3/c1-4-19-8-12(16)13(17-19)9-18(3)15(21)11-6-5-10(2)14(7-11)20(22)23/h5-8H,4,9H2,1-3H3. The van der Waals surface area contributed by atoms with Gasteiger partial charge in [0.2, 0.25) is 0 Å². The zero-order chi connectivity index (χ0) is 17.1. The minimum Gasteiger partial charge on any atom is -0.336 e. The molecule has 23 heavy (non-hydrogen) atoms. The molecule has 2 rings (SSSR count). The summed E-state index contributed by atoms with van der Waals surface area (Å²) in [7, 11) is 1.64. The van der Waals surface area contributed by atoms with Gasteiger partial charge in [-0.15, -0.1) is 0 Å². The van der Waals surface area contributed by atoms with E-state index in [2.05, 4.69) is 21.0 Å². The second kappa shape index (κ2) is 6.91. The second-order valence-corrected chi connectivity index (χ2v) is 6.05. The highest BCUT2D eigenvalue weighted by Crippen LogP contribution is 2.21. The molecule has 8 heteroatoms. The van der Waals surface area contributed by atoms with E-state index in [1.807, 2.05) is 13.1 Å². The van der Waals surface area contributed by atoms with E-state index in [4.69, 9.17) is 0 Å². The Labute approximate surface area is 142 Å². The molecule has 122 valence electrons. The summed E-state index contributed by atoms with van der Waals surface area (Å²) in [4.78, 5) is 24.5. The van der Waals surface area contributed by atoms with E-state index in [9.17, 15) is 14.9 Å². The van der Waals surface area contributed by atoms with E-state index in [-0.39, 0.29) is 17.2 Å². The number of aromatic nitrogens is 2. The SMILES string of the molecule is CCn1cc(Br)c(CN(C)C(=O)c2ccc(C)c([N+](=O)[O-])c2)n1. The first kappa shape index (κ1) is 17.1. The number of hydrogen-bond donors (Lipinski definition) is 0. The van der Waals surface area contributed by atoms with Gasteiger partial charge in [-0.25, -0.2) is 0 Å². The first-order chi connectivity index (χ1) is 10.8. The van der Waals surface area contributed by atoms with Gasteiger partial charge in [0.15, 0.2) is 0 Å². The first-order valence-electron chi connectivity index (χ1n) is 7.05. The van der Waals surface area contributed by atoms with Gasteiger partial charge in [-0.1, -0.05) is 6.07 Å². The van der Waals surface area contributed by atoms with E-state index < -0.39 is 4.92 Å². The molecule has 2 aromatic rings. The Morgan fingerprint density at radius 1 is 1.48 bits per heavy atom. The van der Waals surface area contributed by atoms with Crippen LogP contribution >= 0.6 is 15.9 Å². The van der Waals surface area contributed by atoms with Crippen molar-refractivity contribution in [3.8, 4) is 0 Å². The summed E-state index contributed by atoms with van der Waals surface area (Å²) in [6.45, 7) is 4.67. The van der Waals surface area contributed by atoms with Gasteiger partial charge in [0, 0.05) is 37.0 Å². The van der Waals surface area contributed by atoms with Crippen molar-refractivity contribution in [2.24, 2.45) is 0 Å². The topological polar surface area (TPSA) is 81.3 Å². The Morgan fingerprint density at radius 3 is 2.74 bits per heavy atom. The van der Waals surface area contributed by atoms with Gasteiger partial charge in [-0.05, 0) is 35.8 Å². The van der Waals surface area contributed by atoms with Crippen molar-refractivity contribution in [3.05, 3.63) is 55.8 Å². The van der Waals surface area contributed by atoms with Crippen molar-refractivity contribution in [2.45, 2.75) is 26.9 Å². The molecule has 1 aromatic heterocycles. The molecule has 1 aromatic carbocycles. The van der Waals surface area contributed by atoms with E-state index in [1.54, 1.807) is 30.8 Å². The van der Waals surface area contributed by atoms with Gasteiger partial charge in [-0.3, -0.25) is 19.6 Å². The minimum atomic E-state index is -0.481. The van der Waals surface area contributed by atoms with Crippen LogP contribution in [0.15, 0.2) is 28.9 Å². The van der Waals surface area contributed by atoms with Crippen LogP contribution in [0.2, 0.25) is 0 Å². The van der Waals surface area contributed by atoms with Crippen LogP contribution in [0, 0.1) is 17.0 Å². The number of aryl methyl sites for hydroxylation is 2. The van der Waals surface area contributed by atoms with Gasteiger partial charge in [0.1, 0.15) is 0 Å². The predicted octanol–water partition coefficient (Wildman–Crippen LogP) is 3.15. The summed E-state index contributed by atoms with van der Waals surface area (Å²) < 4.78 is 2.60. The van der Waals surface area contributed by atoms with E-state index in [1.165, 1.54) is 11.0 Å². The molecule has 0 spiro atoms. The lowest BCUT2D eigenvalue weighted by molar-refractivity contribution is -0.385. The Balaban J connectivity index is 2.21. The van der Waals surface area contributed by atoms with Gasteiger partial charge < -0.3 is 4.90 Å². The number of nitro groups is 1. The quantitative estimate of drug-likeness (QED) is 0.589. The van der Waals surface area contributed by atoms with Crippen LogP contribution in [0.3, 0.4) is 0 Å². The monoisotopic (exact) mass is 380 g/mol. The molecule has 0 aliphatic carbocycles. The highest BCUT2D eigenvalue weighted by atomic mass is 79.9. The maximum absolute atomic E-state index is 12.5. The molecule has 0 saturated carbocycles. The normalized spacial score (nSPS) is 10.6. The van der Waals surface area contributed by atoms with E-state index >= 15 is 0 Å². The molecule has 0 N–H and O–H groups in total. The largest absolute Gasteiger partial charge is 0.336 e. The van der Waals surface area contributed by atoms with Crippen molar-refractivity contribution in [2.75, 3.05) is 7.05 Å². The maximum Gasteiger partial charge on any atom is 0.273 e. The van der Waals surface area contributed by atoms with Crippen LogP contribution < -0.4 is 0 Å². The maximum atomic E-state index is 12.5. The Morgan fingerprint density at radius 2 is 2.17 bits per heavy atom. The summed E-state index contributed by atoms with van der Waals surface area (Å²) in [5.74, 6) is -0.286. The molecule has 0 aliphatic heterocycles. The Bertz CT molecular complexity index is 757. The van der Waals surface area contributed by atoms with E-state index in [0.717, 1.165) is 16.7 Å². The third-order valence-electron chi connectivity index (χ3n) is 3.50. The zero-order valence-corrected chi connectivity index (χ0v) is 14.7. The molecule has 1 heterocycles. The molecule has 0 radical (unpaired) electrons. The predicted molar refractivity (Wildman–Crippen MR) is 89.2 cm³/mol. The number of nitrogens with zero attached hydrogens (tertiary/aromatic N) is 4. The summed E-state index contributed by atoms with van der Waals surface area (Å²) in [6.07, 6.45) is 1.85. The van der Waals surface area contributed by atoms with Crippen LogP contribution in [-0.2, 0) is 13.1 Å². The molecular weight excluding hydrogens is 364 g/mol. The van der Waals surface area contributed by atoms with Crippen molar-refractivity contribution in [1.82, 2.24) is 14.7 Å². The van der Waals surface area contributed by atoms with Crippen LogP contribution in [0.4, 0.5) is 5.69 Å². The lowest BCUT2D eigenvalue weighted by Gasteiger charge is -2.16. The van der Waals surface area contributed by atoms with Gasteiger partial charge in [-0.2, -0.15) is 5.10 Å². The smallest absolute Gasteiger partial charge is 0.273 e. The van der Waals surface area contributed by atoms with Crippen molar-refractivity contribution < 1.29 is 9.72 Å². The number of hydrogen-bond acceptors (Lipinski definition) is 4. The number of amides is 1. The molecule has 0 saturated heterocycles. The third-order valence-corrected chi connectivity index (χ3v) is 4.16. The van der Waals surface area contributed by atoms with E-state index in [0.29, 0.717) is 12.1 Å². The summed E-state index contributed by atoms with van der Waals surface area (Å²) in [6, 6.07) is 4.50. The van der Waals surface area contributed by atoms with Gasteiger partial charge >= 0.3 is 0 Å². The van der Waals surface area contributed by atoms with Crippen molar-refractivity contribution in [3.63, 3.8) is 0 Å². The molecule has 0 aliphatic rings. The van der Waals surface area contributed by atoms with Crippen LogP contribution in [0.1, 0.15) is 28.5 Å². The van der Waals surface area contributed by atoms with Crippen LogP contribution in [0.5, 0.6) is 0 Å². The Kier molecular flexibility index (Phi) is 5.15. The molecule has 0 bridgehead atoms. The molecule has 7 nitrogen and oxygen atoms in total. The number of carbonyl (C=O) groups excluding carboxylic acids is 1. The third kappa shape index (κ3) is 3.76. The molecule has 1 amide bonds. The van der Waals surface area contributed by atoms with Crippen molar-refractivity contribution >= 4 is 27.5 Å². The van der Waals surface area contributed by atoms with Crippen LogP contribution in [-0.4, -0.2) is 32.6 Å². The van der Waals surface area contributed by atoms with Crippen molar-refractivity contribution in [1.29, 1.82) is 0 Å². The average molecular weight is 381 g/mol. The number of benzene rings is 1.